The van der Waals surface area contributed by atoms with E-state index >= 15 is 0 Å². The van der Waals surface area contributed by atoms with E-state index in [2.05, 4.69) is 5.32 Å². The lowest BCUT2D eigenvalue weighted by Crippen LogP contribution is -2.36. The number of nitrogens with one attached hydrogen (secondary N) is 1. The van der Waals surface area contributed by atoms with Crippen LogP contribution in [0.25, 0.3) is 0 Å². The molecule has 128 valence electrons. The Morgan fingerprint density at radius 3 is 2.42 bits per heavy atom. The largest absolute Gasteiger partial charge is 0.481 e. The van der Waals surface area contributed by atoms with Crippen molar-refractivity contribution in [2.75, 3.05) is 12.4 Å². The average molecular weight is 349 g/mol. The Bertz CT molecular complexity index is 750. The maximum Gasteiger partial charge on any atom is 0.341 e. The molecule has 0 radical (unpaired) electrons. The highest BCUT2D eigenvalue weighted by Gasteiger charge is 2.51. The van der Waals surface area contributed by atoms with Gasteiger partial charge in [0.2, 0.25) is 5.91 Å². The second-order valence-corrected chi connectivity index (χ2v) is 7.53. The number of carbonyl (C=O) groups excluding carboxylic acids is 2. The Morgan fingerprint density at radius 1 is 1.21 bits per heavy atom. The summed E-state index contributed by atoms with van der Waals surface area (Å²) in [4.78, 5) is 37.2. The van der Waals surface area contributed by atoms with Gasteiger partial charge in [-0.3, -0.25) is 9.59 Å². The molecule has 0 aliphatic heterocycles. The van der Waals surface area contributed by atoms with Crippen LogP contribution in [0.15, 0.2) is 12.2 Å². The van der Waals surface area contributed by atoms with E-state index < -0.39 is 23.8 Å². The van der Waals surface area contributed by atoms with E-state index in [9.17, 15) is 19.5 Å². The van der Waals surface area contributed by atoms with Crippen LogP contribution in [0, 0.1) is 37.5 Å². The van der Waals surface area contributed by atoms with E-state index in [1.54, 1.807) is 6.92 Å². The fourth-order valence-electron chi connectivity index (χ4n) is 3.77. The number of anilines is 1. The summed E-state index contributed by atoms with van der Waals surface area (Å²) in [5, 5.41) is 12.7. The number of amides is 1. The first kappa shape index (κ1) is 16.7. The number of carboxylic acids is 1. The van der Waals surface area contributed by atoms with Crippen LogP contribution in [0.3, 0.4) is 0 Å². The second-order valence-electron chi connectivity index (χ2n) is 6.31. The molecule has 2 N–H and O–H groups in total. The van der Waals surface area contributed by atoms with Crippen LogP contribution in [0.4, 0.5) is 5.00 Å². The van der Waals surface area contributed by atoms with Gasteiger partial charge in [-0.05, 0) is 37.7 Å². The molecule has 1 fully saturated rings. The maximum absolute atomic E-state index is 12.7. The molecule has 7 heteroatoms. The van der Waals surface area contributed by atoms with Gasteiger partial charge in [-0.1, -0.05) is 12.2 Å². The molecule has 0 saturated heterocycles. The number of fused-ring (bicyclic) bond motifs is 2. The molecule has 1 aromatic heterocycles. The molecule has 0 spiro atoms. The fraction of sp³-hybridized carbons (Fsp3) is 0.471. The Hall–Kier alpha value is -2.15. The molecule has 6 nitrogen and oxygen atoms in total. The fourth-order valence-corrected chi connectivity index (χ4v) is 4.83. The molecular weight excluding hydrogens is 330 g/mol. The van der Waals surface area contributed by atoms with Crippen molar-refractivity contribution >= 4 is 34.2 Å². The van der Waals surface area contributed by atoms with E-state index in [0.717, 1.165) is 10.4 Å². The lowest BCUT2D eigenvalue weighted by atomic mass is 9.82. The molecule has 1 saturated carbocycles. The zero-order chi connectivity index (χ0) is 17.6. The Morgan fingerprint density at radius 2 is 1.83 bits per heavy atom. The number of rotatable bonds is 4. The topological polar surface area (TPSA) is 92.7 Å². The van der Waals surface area contributed by atoms with Crippen LogP contribution in [-0.4, -0.2) is 30.1 Å². The zero-order valence-corrected chi connectivity index (χ0v) is 14.5. The summed E-state index contributed by atoms with van der Waals surface area (Å²) in [5.74, 6) is -3.25. The number of aliphatic carboxylic acids is 1. The molecule has 1 amide bonds. The van der Waals surface area contributed by atoms with Gasteiger partial charge in [0.05, 0.1) is 24.5 Å². The minimum absolute atomic E-state index is 0.0557. The minimum Gasteiger partial charge on any atom is -0.481 e. The van der Waals surface area contributed by atoms with Crippen LogP contribution in [-0.2, 0) is 14.3 Å². The van der Waals surface area contributed by atoms with Gasteiger partial charge in [-0.2, -0.15) is 0 Å². The summed E-state index contributed by atoms with van der Waals surface area (Å²) in [6.07, 6.45) is 4.52. The third kappa shape index (κ3) is 2.53. The van der Waals surface area contributed by atoms with Crippen molar-refractivity contribution in [3.05, 3.63) is 28.2 Å². The summed E-state index contributed by atoms with van der Waals surface area (Å²) < 4.78 is 4.80. The number of carboxylic acid groups (broad SMARTS) is 1. The predicted molar refractivity (Wildman–Crippen MR) is 89.1 cm³/mol. The standard InChI is InChI=1S/C17H19NO5S/c1-7-8(2)24-15(11(7)17(22)23-3)18-14(19)12-9-4-5-10(6-9)13(12)16(20)21/h4-5,9-10,12-13H,6H2,1-3H3,(H,18,19)(H,20,21)/t9-,10-,12-,13+/m1/s1. The first-order valence-electron chi connectivity index (χ1n) is 7.75. The lowest BCUT2D eigenvalue weighted by molar-refractivity contribution is -0.146. The number of aryl methyl sites for hydroxylation is 1. The van der Waals surface area contributed by atoms with E-state index in [-0.39, 0.29) is 17.7 Å². The van der Waals surface area contributed by atoms with Gasteiger partial charge < -0.3 is 15.2 Å². The quantitative estimate of drug-likeness (QED) is 0.644. The Balaban J connectivity index is 1.88. The van der Waals surface area contributed by atoms with Gasteiger partial charge in [0.25, 0.3) is 0 Å². The number of carbonyl (C=O) groups is 3. The second kappa shape index (κ2) is 6.05. The highest BCUT2D eigenvalue weighted by atomic mass is 32.1. The number of hydrogen-bond acceptors (Lipinski definition) is 5. The first-order valence-corrected chi connectivity index (χ1v) is 8.57. The number of methoxy groups -OCH3 is 1. The van der Waals surface area contributed by atoms with Crippen LogP contribution in [0.5, 0.6) is 0 Å². The van der Waals surface area contributed by atoms with Crippen LogP contribution >= 0.6 is 11.3 Å². The number of hydrogen-bond donors (Lipinski definition) is 2. The minimum atomic E-state index is -0.946. The molecule has 1 aromatic rings. The smallest absolute Gasteiger partial charge is 0.341 e. The molecule has 2 aliphatic carbocycles. The average Bonchev–Trinajstić information content (AvgIpc) is 3.21. The van der Waals surface area contributed by atoms with Crippen LogP contribution < -0.4 is 5.32 Å². The summed E-state index contributed by atoms with van der Waals surface area (Å²) >= 11 is 1.30. The van der Waals surface area contributed by atoms with Crippen molar-refractivity contribution in [3.8, 4) is 0 Å². The summed E-state index contributed by atoms with van der Waals surface area (Å²) in [6.45, 7) is 3.66. The molecule has 24 heavy (non-hydrogen) atoms. The molecule has 2 bridgehead atoms. The summed E-state index contributed by atoms with van der Waals surface area (Å²) in [5.41, 5.74) is 1.11. The zero-order valence-electron chi connectivity index (χ0n) is 13.7. The van der Waals surface area contributed by atoms with Gasteiger partial charge in [-0.25, -0.2) is 4.79 Å². The Kier molecular flexibility index (Phi) is 4.21. The number of allylic oxidation sites excluding steroid dienone is 2. The predicted octanol–water partition coefficient (Wildman–Crippen LogP) is 2.61. The van der Waals surface area contributed by atoms with Crippen molar-refractivity contribution in [2.45, 2.75) is 20.3 Å². The van der Waals surface area contributed by atoms with Crippen molar-refractivity contribution in [3.63, 3.8) is 0 Å². The molecule has 1 heterocycles. The van der Waals surface area contributed by atoms with Crippen molar-refractivity contribution in [1.82, 2.24) is 0 Å². The monoisotopic (exact) mass is 349 g/mol. The highest BCUT2D eigenvalue weighted by molar-refractivity contribution is 7.16. The van der Waals surface area contributed by atoms with Crippen molar-refractivity contribution in [1.29, 1.82) is 0 Å². The van der Waals surface area contributed by atoms with E-state index in [1.165, 1.54) is 18.4 Å². The van der Waals surface area contributed by atoms with Gasteiger partial charge in [0.15, 0.2) is 0 Å². The third-order valence-corrected chi connectivity index (χ3v) is 6.18. The van der Waals surface area contributed by atoms with E-state index in [4.69, 9.17) is 4.74 Å². The van der Waals surface area contributed by atoms with Gasteiger partial charge in [-0.15, -0.1) is 11.3 Å². The van der Waals surface area contributed by atoms with Crippen molar-refractivity contribution in [2.24, 2.45) is 23.7 Å². The number of esters is 1. The molecule has 3 rings (SSSR count). The van der Waals surface area contributed by atoms with E-state index in [0.29, 0.717) is 17.0 Å². The molecule has 0 unspecified atom stereocenters. The SMILES string of the molecule is COC(=O)c1c(NC(=O)[C@H]2[C@@H](C(=O)O)[C@@H]3C=C[C@@H]2C3)sc(C)c1C. The number of ether oxygens (including phenoxy) is 1. The van der Waals surface area contributed by atoms with Crippen molar-refractivity contribution < 1.29 is 24.2 Å². The molecular formula is C17H19NO5S. The summed E-state index contributed by atoms with van der Waals surface area (Å²) in [7, 11) is 1.29. The third-order valence-electron chi connectivity index (χ3n) is 5.06. The maximum atomic E-state index is 12.7. The van der Waals surface area contributed by atoms with Gasteiger partial charge in [0, 0.05) is 4.88 Å². The van der Waals surface area contributed by atoms with Crippen LogP contribution in [0.1, 0.15) is 27.2 Å². The van der Waals surface area contributed by atoms with E-state index in [1.807, 2.05) is 19.1 Å². The Labute approximate surface area is 143 Å². The summed E-state index contributed by atoms with van der Waals surface area (Å²) in [6, 6.07) is 0. The van der Waals surface area contributed by atoms with Crippen LogP contribution in [0.2, 0.25) is 0 Å². The highest BCUT2D eigenvalue weighted by Crippen LogP contribution is 2.48. The molecule has 2 aliphatic rings. The van der Waals surface area contributed by atoms with Gasteiger partial charge >= 0.3 is 11.9 Å². The lowest BCUT2D eigenvalue weighted by Gasteiger charge is -2.23. The molecule has 0 aromatic carbocycles. The first-order chi connectivity index (χ1) is 11.3. The molecule has 4 atom stereocenters. The normalized spacial score (nSPS) is 27.3. The van der Waals surface area contributed by atoms with Gasteiger partial charge in [0.1, 0.15) is 5.00 Å². The number of thiophene rings is 1.